The highest BCUT2D eigenvalue weighted by molar-refractivity contribution is 6.31. The predicted octanol–water partition coefficient (Wildman–Crippen LogP) is 3.93. The largest absolute Gasteiger partial charge is 0.392 e. The molecule has 2 aromatic rings. The first-order valence-corrected chi connectivity index (χ1v) is 6.60. The quantitative estimate of drug-likeness (QED) is 0.898. The Morgan fingerprint density at radius 3 is 2.63 bits per heavy atom. The topological polar surface area (TPSA) is 20.2 Å². The van der Waals surface area contributed by atoms with E-state index in [1.807, 2.05) is 31.2 Å². The number of rotatable bonds is 4. The summed E-state index contributed by atoms with van der Waals surface area (Å²) in [5, 5.41) is 10.2. The Labute approximate surface area is 117 Å². The van der Waals surface area contributed by atoms with Gasteiger partial charge < -0.3 is 5.11 Å². The van der Waals surface area contributed by atoms with Gasteiger partial charge >= 0.3 is 0 Å². The van der Waals surface area contributed by atoms with Crippen molar-refractivity contribution in [2.45, 2.75) is 25.9 Å². The fourth-order valence-electron chi connectivity index (χ4n) is 2.14. The van der Waals surface area contributed by atoms with Gasteiger partial charge in [0.05, 0.1) is 11.1 Å². The van der Waals surface area contributed by atoms with Crippen molar-refractivity contribution >= 4 is 11.6 Å². The zero-order chi connectivity index (χ0) is 13.8. The van der Waals surface area contributed by atoms with Crippen LogP contribution in [-0.2, 0) is 12.8 Å². The van der Waals surface area contributed by atoms with Crippen molar-refractivity contribution in [3.63, 3.8) is 0 Å². The van der Waals surface area contributed by atoms with Crippen LogP contribution < -0.4 is 0 Å². The molecule has 19 heavy (non-hydrogen) atoms. The lowest BCUT2D eigenvalue weighted by molar-refractivity contribution is 0.175. The molecule has 0 radical (unpaired) electrons. The Bertz CT molecular complexity index is 568. The molecule has 0 saturated heterocycles. The first-order chi connectivity index (χ1) is 9.06. The van der Waals surface area contributed by atoms with Gasteiger partial charge in [0.15, 0.2) is 0 Å². The van der Waals surface area contributed by atoms with Gasteiger partial charge in [-0.25, -0.2) is 4.39 Å². The Kier molecular flexibility index (Phi) is 4.56. The van der Waals surface area contributed by atoms with E-state index in [4.69, 9.17) is 11.6 Å². The molecule has 0 bridgehead atoms. The number of hydrogen-bond donors (Lipinski definition) is 1. The molecule has 1 N–H and O–H groups in total. The highest BCUT2D eigenvalue weighted by Crippen LogP contribution is 2.21. The molecule has 0 heterocycles. The summed E-state index contributed by atoms with van der Waals surface area (Å²) in [7, 11) is 0. The number of aryl methyl sites for hydroxylation is 1. The highest BCUT2D eigenvalue weighted by atomic mass is 35.5. The predicted molar refractivity (Wildman–Crippen MR) is 76.0 cm³/mol. The minimum absolute atomic E-state index is 0.103. The maximum absolute atomic E-state index is 13.3. The molecular weight excluding hydrogens is 263 g/mol. The lowest BCUT2D eigenvalue weighted by Crippen LogP contribution is -2.14. The van der Waals surface area contributed by atoms with Gasteiger partial charge in [-0.2, -0.15) is 0 Å². The van der Waals surface area contributed by atoms with Crippen LogP contribution in [0.25, 0.3) is 0 Å². The maximum Gasteiger partial charge on any atom is 0.142 e. The van der Waals surface area contributed by atoms with Crippen LogP contribution in [-0.4, -0.2) is 11.2 Å². The fourth-order valence-corrected chi connectivity index (χ4v) is 2.35. The maximum atomic E-state index is 13.3. The van der Waals surface area contributed by atoms with Gasteiger partial charge in [-0.3, -0.25) is 0 Å². The zero-order valence-corrected chi connectivity index (χ0v) is 11.5. The second-order valence-electron chi connectivity index (χ2n) is 4.76. The summed E-state index contributed by atoms with van der Waals surface area (Å²) in [6.07, 6.45) is 0.320. The summed E-state index contributed by atoms with van der Waals surface area (Å²) < 4.78 is 13.3. The van der Waals surface area contributed by atoms with E-state index in [1.54, 1.807) is 12.1 Å². The third-order valence-electron chi connectivity index (χ3n) is 3.04. The summed E-state index contributed by atoms with van der Waals surface area (Å²) in [5.41, 5.74) is 2.87. The summed E-state index contributed by atoms with van der Waals surface area (Å²) in [5.74, 6) is -0.443. The van der Waals surface area contributed by atoms with E-state index in [1.165, 1.54) is 6.07 Å². The minimum atomic E-state index is -0.568. The monoisotopic (exact) mass is 278 g/mol. The van der Waals surface area contributed by atoms with E-state index < -0.39 is 11.9 Å². The molecule has 1 atom stereocenters. The molecule has 0 aromatic heterocycles. The third kappa shape index (κ3) is 3.79. The van der Waals surface area contributed by atoms with Crippen molar-refractivity contribution in [3.05, 3.63) is 70.0 Å². The highest BCUT2D eigenvalue weighted by Gasteiger charge is 2.11. The van der Waals surface area contributed by atoms with Crippen LogP contribution in [0.5, 0.6) is 0 Å². The smallest absolute Gasteiger partial charge is 0.142 e. The van der Waals surface area contributed by atoms with Crippen LogP contribution in [0.2, 0.25) is 5.02 Å². The lowest BCUT2D eigenvalue weighted by atomic mass is 10.00. The summed E-state index contributed by atoms with van der Waals surface area (Å²) in [6.45, 7) is 2.01. The van der Waals surface area contributed by atoms with E-state index in [0.717, 1.165) is 11.1 Å². The standard InChI is InChI=1S/C16H16ClFO/c1-11-4-2-5-12(8-11)9-14(19)10-13-6-3-7-15(18)16(13)17/h2-8,14,19H,9-10H2,1H3. The van der Waals surface area contributed by atoms with Crippen LogP contribution in [0.15, 0.2) is 42.5 Å². The minimum Gasteiger partial charge on any atom is -0.392 e. The third-order valence-corrected chi connectivity index (χ3v) is 3.46. The molecule has 0 aliphatic rings. The molecule has 3 heteroatoms. The zero-order valence-electron chi connectivity index (χ0n) is 10.7. The van der Waals surface area contributed by atoms with Gasteiger partial charge in [0.1, 0.15) is 5.82 Å². The SMILES string of the molecule is Cc1cccc(CC(O)Cc2cccc(F)c2Cl)c1. The second-order valence-corrected chi connectivity index (χ2v) is 5.14. The number of aliphatic hydroxyl groups is 1. The van der Waals surface area contributed by atoms with E-state index in [-0.39, 0.29) is 5.02 Å². The molecule has 0 spiro atoms. The molecule has 0 saturated carbocycles. The van der Waals surface area contributed by atoms with Crippen LogP contribution in [0, 0.1) is 12.7 Å². The molecule has 1 unspecified atom stereocenters. The molecule has 0 amide bonds. The number of aliphatic hydroxyl groups excluding tert-OH is 1. The average Bonchev–Trinajstić information content (AvgIpc) is 2.35. The van der Waals surface area contributed by atoms with Crippen molar-refractivity contribution in [3.8, 4) is 0 Å². The summed E-state index contributed by atoms with van der Waals surface area (Å²) >= 11 is 5.88. The van der Waals surface area contributed by atoms with Crippen LogP contribution >= 0.6 is 11.6 Å². The van der Waals surface area contributed by atoms with Gasteiger partial charge in [-0.1, -0.05) is 53.6 Å². The van der Waals surface area contributed by atoms with Crippen LogP contribution in [0.3, 0.4) is 0 Å². The van der Waals surface area contributed by atoms with Gasteiger partial charge in [0.25, 0.3) is 0 Å². The second kappa shape index (κ2) is 6.18. The molecule has 0 aliphatic heterocycles. The lowest BCUT2D eigenvalue weighted by Gasteiger charge is -2.12. The normalized spacial score (nSPS) is 12.4. The van der Waals surface area contributed by atoms with Crippen molar-refractivity contribution in [1.82, 2.24) is 0 Å². The molecule has 2 rings (SSSR count). The summed E-state index contributed by atoms with van der Waals surface area (Å²) in [4.78, 5) is 0. The fraction of sp³-hybridized carbons (Fsp3) is 0.250. The van der Waals surface area contributed by atoms with E-state index in [0.29, 0.717) is 18.4 Å². The number of hydrogen-bond acceptors (Lipinski definition) is 1. The van der Waals surface area contributed by atoms with Gasteiger partial charge in [0.2, 0.25) is 0 Å². The first-order valence-electron chi connectivity index (χ1n) is 6.23. The van der Waals surface area contributed by atoms with Gasteiger partial charge in [0, 0.05) is 6.42 Å². The van der Waals surface area contributed by atoms with E-state index in [2.05, 4.69) is 0 Å². The van der Waals surface area contributed by atoms with Crippen molar-refractivity contribution in [2.24, 2.45) is 0 Å². The molecular formula is C16H16ClFO. The van der Waals surface area contributed by atoms with Crippen LogP contribution in [0.4, 0.5) is 4.39 Å². The molecule has 2 aromatic carbocycles. The number of benzene rings is 2. The summed E-state index contributed by atoms with van der Waals surface area (Å²) in [6, 6.07) is 12.7. The van der Waals surface area contributed by atoms with Crippen molar-refractivity contribution in [1.29, 1.82) is 0 Å². The Morgan fingerprint density at radius 1 is 1.16 bits per heavy atom. The first kappa shape index (κ1) is 14.0. The molecule has 1 nitrogen and oxygen atoms in total. The Balaban J connectivity index is 2.05. The average molecular weight is 279 g/mol. The Hall–Kier alpha value is -1.38. The molecule has 100 valence electrons. The van der Waals surface area contributed by atoms with Crippen molar-refractivity contribution in [2.75, 3.05) is 0 Å². The van der Waals surface area contributed by atoms with Gasteiger partial charge in [-0.05, 0) is 30.5 Å². The van der Waals surface area contributed by atoms with Crippen molar-refractivity contribution < 1.29 is 9.50 Å². The van der Waals surface area contributed by atoms with Crippen LogP contribution in [0.1, 0.15) is 16.7 Å². The Morgan fingerprint density at radius 2 is 1.89 bits per heavy atom. The molecule has 0 aliphatic carbocycles. The molecule has 0 fully saturated rings. The van der Waals surface area contributed by atoms with E-state index in [9.17, 15) is 9.50 Å². The van der Waals surface area contributed by atoms with Gasteiger partial charge in [-0.15, -0.1) is 0 Å². The van der Waals surface area contributed by atoms with E-state index >= 15 is 0 Å². The number of halogens is 2.